The molecule has 0 bridgehead atoms. The summed E-state index contributed by atoms with van der Waals surface area (Å²) in [6, 6.07) is 7.49. The number of hydrogen-bond donors (Lipinski definition) is 1. The van der Waals surface area contributed by atoms with E-state index in [0.29, 0.717) is 21.6 Å². The first-order chi connectivity index (χ1) is 14.3. The van der Waals surface area contributed by atoms with Crippen molar-refractivity contribution in [3.63, 3.8) is 0 Å². The number of carbonyl (C=O) groups is 1. The Kier molecular flexibility index (Phi) is 7.29. The number of ether oxygens (including phenoxy) is 2. The molecule has 0 atom stereocenters. The maximum Gasteiger partial charge on any atom is 0.264 e. The molecule has 8 heteroatoms. The molecule has 154 valence electrons. The average molecular weight is 550 g/mol. The van der Waals surface area contributed by atoms with Gasteiger partial charge < -0.3 is 14.8 Å². The van der Waals surface area contributed by atoms with E-state index in [4.69, 9.17) is 15.9 Å². The molecule has 0 aliphatic carbocycles. The Hall–Kier alpha value is -2.21. The molecule has 1 saturated heterocycles. The molecule has 3 rings (SSSR count). The van der Waals surface area contributed by atoms with E-state index >= 15 is 0 Å². The molecule has 0 unspecified atom stereocenters. The van der Waals surface area contributed by atoms with Gasteiger partial charge >= 0.3 is 0 Å². The smallest absolute Gasteiger partial charge is 0.264 e. The summed E-state index contributed by atoms with van der Waals surface area (Å²) in [6.07, 6.45) is 7.03. The number of nitrogens with one attached hydrogen (secondary N) is 1. The molecular weight excluding hydrogens is 532 g/mol. The lowest BCUT2D eigenvalue weighted by molar-refractivity contribution is -0.115. The molecule has 2 aromatic carbocycles. The zero-order valence-corrected chi connectivity index (χ0v) is 20.5. The monoisotopic (exact) mass is 548 g/mol. The Morgan fingerprint density at radius 3 is 2.53 bits per heavy atom. The molecule has 2 aromatic rings. The van der Waals surface area contributed by atoms with Crippen LogP contribution in [0.1, 0.15) is 16.7 Å². The van der Waals surface area contributed by atoms with Gasteiger partial charge in [0.15, 0.2) is 16.7 Å². The first-order valence-corrected chi connectivity index (χ1v) is 11.2. The number of carbonyl (C=O) groups excluding carboxylic acids is 1. The highest BCUT2D eigenvalue weighted by atomic mass is 79.9. The Bertz CT molecular complexity index is 1100. The van der Waals surface area contributed by atoms with Gasteiger partial charge in [-0.15, -0.1) is 6.42 Å². The highest BCUT2D eigenvalue weighted by molar-refractivity contribution is 9.10. The van der Waals surface area contributed by atoms with E-state index in [1.54, 1.807) is 25.3 Å². The number of aryl methyl sites for hydroxylation is 2. The number of aliphatic imine (C=N–C) groups is 1. The number of thioether (sulfide) groups is 1. The summed E-state index contributed by atoms with van der Waals surface area (Å²) in [7, 11) is 1.55. The number of halogens is 2. The maximum atomic E-state index is 12.5. The Morgan fingerprint density at radius 2 is 1.90 bits per heavy atom. The number of amidine groups is 1. The summed E-state index contributed by atoms with van der Waals surface area (Å²) >= 11 is 8.35. The molecule has 0 spiro atoms. The molecule has 0 saturated carbocycles. The third-order valence-corrected chi connectivity index (χ3v) is 7.03. The summed E-state index contributed by atoms with van der Waals surface area (Å²) in [6.45, 7) is 4.15. The highest BCUT2D eigenvalue weighted by Gasteiger charge is 2.24. The van der Waals surface area contributed by atoms with Crippen LogP contribution in [-0.4, -0.2) is 24.8 Å². The van der Waals surface area contributed by atoms with E-state index in [0.717, 1.165) is 31.3 Å². The van der Waals surface area contributed by atoms with E-state index in [2.05, 4.69) is 48.1 Å². The summed E-state index contributed by atoms with van der Waals surface area (Å²) in [5, 5.41) is 3.35. The van der Waals surface area contributed by atoms with Crippen LogP contribution in [-0.2, 0) is 4.79 Å². The number of rotatable bonds is 5. The third kappa shape index (κ3) is 5.09. The quantitative estimate of drug-likeness (QED) is 0.381. The van der Waals surface area contributed by atoms with Gasteiger partial charge in [-0.05, 0) is 72.6 Å². The SMILES string of the molecule is C#CCOc1cc(Br)c(/C=C2\SC(=Nc3cc(C)c(Br)c(C)c3)NC2=O)cc1OC. The lowest BCUT2D eigenvalue weighted by Gasteiger charge is -2.11. The lowest BCUT2D eigenvalue weighted by atomic mass is 10.1. The van der Waals surface area contributed by atoms with Crippen LogP contribution < -0.4 is 14.8 Å². The van der Waals surface area contributed by atoms with Gasteiger partial charge in [-0.2, -0.15) is 0 Å². The van der Waals surface area contributed by atoms with Crippen molar-refractivity contribution in [3.05, 3.63) is 54.8 Å². The molecule has 0 aromatic heterocycles. The second kappa shape index (κ2) is 9.73. The topological polar surface area (TPSA) is 59.9 Å². The maximum absolute atomic E-state index is 12.5. The van der Waals surface area contributed by atoms with Crippen molar-refractivity contribution in [2.45, 2.75) is 13.8 Å². The zero-order valence-electron chi connectivity index (χ0n) is 16.5. The molecule has 1 aliphatic heterocycles. The number of terminal acetylenes is 1. The van der Waals surface area contributed by atoms with Crippen molar-refractivity contribution in [1.82, 2.24) is 5.32 Å². The van der Waals surface area contributed by atoms with Gasteiger partial charge in [0.1, 0.15) is 6.61 Å². The third-order valence-electron chi connectivity index (χ3n) is 4.18. The van der Waals surface area contributed by atoms with Crippen LogP contribution in [0.4, 0.5) is 5.69 Å². The molecule has 1 heterocycles. The van der Waals surface area contributed by atoms with Gasteiger partial charge in [0.2, 0.25) is 0 Å². The summed E-state index contributed by atoms with van der Waals surface area (Å²) in [4.78, 5) is 17.6. The van der Waals surface area contributed by atoms with Gasteiger partial charge in [0.25, 0.3) is 5.91 Å². The van der Waals surface area contributed by atoms with Gasteiger partial charge in [-0.3, -0.25) is 4.79 Å². The van der Waals surface area contributed by atoms with Crippen molar-refractivity contribution in [2.24, 2.45) is 4.99 Å². The second-order valence-electron chi connectivity index (χ2n) is 6.39. The second-order valence-corrected chi connectivity index (χ2v) is 9.07. The molecule has 0 radical (unpaired) electrons. The molecule has 1 fully saturated rings. The minimum absolute atomic E-state index is 0.135. The Balaban J connectivity index is 1.89. The minimum Gasteiger partial charge on any atom is -0.493 e. The zero-order chi connectivity index (χ0) is 21.8. The number of methoxy groups -OCH3 is 1. The first-order valence-electron chi connectivity index (χ1n) is 8.82. The highest BCUT2D eigenvalue weighted by Crippen LogP contribution is 2.37. The molecule has 1 amide bonds. The van der Waals surface area contributed by atoms with Crippen LogP contribution in [0.2, 0.25) is 0 Å². The Labute approximate surface area is 196 Å². The van der Waals surface area contributed by atoms with Gasteiger partial charge in [0, 0.05) is 8.95 Å². The largest absolute Gasteiger partial charge is 0.493 e. The van der Waals surface area contributed by atoms with Crippen molar-refractivity contribution in [1.29, 1.82) is 0 Å². The summed E-state index contributed by atoms with van der Waals surface area (Å²) in [5.41, 5.74) is 3.73. The van der Waals surface area contributed by atoms with Crippen LogP contribution >= 0.6 is 43.6 Å². The molecule has 1 N–H and O–H groups in total. The van der Waals surface area contributed by atoms with Gasteiger partial charge in [0.05, 0.1) is 17.7 Å². The van der Waals surface area contributed by atoms with Crippen molar-refractivity contribution >= 4 is 66.5 Å². The number of nitrogens with zero attached hydrogens (tertiary/aromatic N) is 1. The Morgan fingerprint density at radius 1 is 1.20 bits per heavy atom. The van der Waals surface area contributed by atoms with Crippen molar-refractivity contribution < 1.29 is 14.3 Å². The van der Waals surface area contributed by atoms with E-state index in [1.807, 2.05) is 26.0 Å². The fourth-order valence-corrected chi connectivity index (χ4v) is 4.28. The number of benzene rings is 2. The predicted octanol–water partition coefficient (Wildman–Crippen LogP) is 5.74. The van der Waals surface area contributed by atoms with E-state index < -0.39 is 0 Å². The van der Waals surface area contributed by atoms with Gasteiger partial charge in [-0.25, -0.2) is 4.99 Å². The van der Waals surface area contributed by atoms with Crippen LogP contribution in [0.15, 0.2) is 43.1 Å². The first kappa shape index (κ1) is 22.5. The fourth-order valence-electron chi connectivity index (χ4n) is 2.78. The minimum atomic E-state index is -0.206. The van der Waals surface area contributed by atoms with Crippen LogP contribution in [0, 0.1) is 26.2 Å². The van der Waals surface area contributed by atoms with Crippen LogP contribution in [0.3, 0.4) is 0 Å². The molecular formula is C22H18Br2N2O3S. The summed E-state index contributed by atoms with van der Waals surface area (Å²) in [5.74, 6) is 3.27. The number of hydrogen-bond acceptors (Lipinski definition) is 5. The fraction of sp³-hybridized carbons (Fsp3) is 0.182. The van der Waals surface area contributed by atoms with E-state index in [-0.39, 0.29) is 12.5 Å². The molecule has 30 heavy (non-hydrogen) atoms. The molecule has 5 nitrogen and oxygen atoms in total. The van der Waals surface area contributed by atoms with Crippen molar-refractivity contribution in [2.75, 3.05) is 13.7 Å². The summed E-state index contributed by atoms with van der Waals surface area (Å²) < 4.78 is 12.7. The number of amides is 1. The van der Waals surface area contributed by atoms with E-state index in [1.165, 1.54) is 11.8 Å². The van der Waals surface area contributed by atoms with Gasteiger partial charge in [-0.1, -0.05) is 37.8 Å². The predicted molar refractivity (Wildman–Crippen MR) is 129 cm³/mol. The van der Waals surface area contributed by atoms with Crippen LogP contribution in [0.5, 0.6) is 11.5 Å². The normalized spacial score (nSPS) is 15.9. The molecule has 1 aliphatic rings. The lowest BCUT2D eigenvalue weighted by Crippen LogP contribution is -2.19. The van der Waals surface area contributed by atoms with Crippen LogP contribution in [0.25, 0.3) is 6.08 Å². The standard InChI is InChI=1S/C22H18Br2N2O3S/c1-5-6-29-18-11-16(23)14(9-17(18)28-4)10-19-21(27)26-22(30-19)25-15-7-12(2)20(24)13(3)8-15/h1,7-11H,6H2,2-4H3,(H,25,26,27)/b19-10-. The van der Waals surface area contributed by atoms with E-state index in [9.17, 15) is 4.79 Å². The van der Waals surface area contributed by atoms with Crippen molar-refractivity contribution in [3.8, 4) is 23.8 Å². The average Bonchev–Trinajstić information content (AvgIpc) is 3.04.